The molecule has 2 aromatic rings. The largest absolute Gasteiger partial charge is 0.331 e. The van der Waals surface area contributed by atoms with Crippen molar-refractivity contribution in [3.63, 3.8) is 0 Å². The molecule has 0 aliphatic rings. The second-order valence-electron chi connectivity index (χ2n) is 3.58. The third-order valence-electron chi connectivity index (χ3n) is 2.57. The molecule has 1 aromatic carbocycles. The lowest BCUT2D eigenvalue weighted by Gasteiger charge is -2.04. The molecule has 0 N–H and O–H groups in total. The number of aromatic nitrogens is 2. The van der Waals surface area contributed by atoms with Crippen molar-refractivity contribution in [1.29, 1.82) is 0 Å². The van der Waals surface area contributed by atoms with Crippen molar-refractivity contribution in [2.45, 2.75) is 6.92 Å². The van der Waals surface area contributed by atoms with Gasteiger partial charge < -0.3 is 4.57 Å². The van der Waals surface area contributed by atoms with Crippen molar-refractivity contribution in [1.82, 2.24) is 9.55 Å². The number of nitrogens with zero attached hydrogens (tertiary/aromatic N) is 2. The van der Waals surface area contributed by atoms with Crippen LogP contribution in [0.4, 0.5) is 4.39 Å². The Morgan fingerprint density at radius 3 is 2.50 bits per heavy atom. The molecule has 4 heteroatoms. The Morgan fingerprint density at radius 2 is 1.94 bits per heavy atom. The molecule has 3 nitrogen and oxygen atoms in total. The standard InChI is InChI=1S/C12H11FN2O/c1-8-14-11(7-16)12(15(8)2)9-3-5-10(13)6-4-9/h3-7H,1-2H3. The maximum absolute atomic E-state index is 12.8. The summed E-state index contributed by atoms with van der Waals surface area (Å²) in [5.41, 5.74) is 1.88. The van der Waals surface area contributed by atoms with E-state index in [1.165, 1.54) is 12.1 Å². The van der Waals surface area contributed by atoms with Gasteiger partial charge in [0, 0.05) is 12.6 Å². The van der Waals surface area contributed by atoms with Gasteiger partial charge in [0.2, 0.25) is 0 Å². The Labute approximate surface area is 92.5 Å². The predicted molar refractivity (Wildman–Crippen MR) is 58.7 cm³/mol. The number of aldehydes is 1. The van der Waals surface area contributed by atoms with Crippen LogP contribution in [0.15, 0.2) is 24.3 Å². The summed E-state index contributed by atoms with van der Waals surface area (Å²) in [6.07, 6.45) is 0.714. The Kier molecular flexibility index (Phi) is 2.56. The van der Waals surface area contributed by atoms with Crippen LogP contribution in [0.5, 0.6) is 0 Å². The van der Waals surface area contributed by atoms with Crippen LogP contribution in [-0.4, -0.2) is 15.8 Å². The third-order valence-corrected chi connectivity index (χ3v) is 2.57. The van der Waals surface area contributed by atoms with E-state index in [0.717, 1.165) is 11.4 Å². The number of aryl methyl sites for hydroxylation is 1. The number of carbonyl (C=O) groups is 1. The molecule has 2 rings (SSSR count). The lowest BCUT2D eigenvalue weighted by molar-refractivity contribution is 0.112. The Bertz CT molecular complexity index is 529. The smallest absolute Gasteiger partial charge is 0.170 e. The molecule has 0 spiro atoms. The Balaban J connectivity index is 2.62. The van der Waals surface area contributed by atoms with Gasteiger partial charge in [0.1, 0.15) is 17.3 Å². The van der Waals surface area contributed by atoms with Gasteiger partial charge >= 0.3 is 0 Å². The normalized spacial score (nSPS) is 10.4. The molecule has 0 amide bonds. The van der Waals surface area contributed by atoms with Crippen LogP contribution in [-0.2, 0) is 7.05 Å². The van der Waals surface area contributed by atoms with Gasteiger partial charge in [0.25, 0.3) is 0 Å². The summed E-state index contributed by atoms with van der Waals surface area (Å²) in [5.74, 6) is 0.455. The second-order valence-corrected chi connectivity index (χ2v) is 3.58. The second kappa shape index (κ2) is 3.89. The first-order valence-corrected chi connectivity index (χ1v) is 4.88. The van der Waals surface area contributed by atoms with Crippen LogP contribution in [0.3, 0.4) is 0 Å². The van der Waals surface area contributed by atoms with Gasteiger partial charge in [0.15, 0.2) is 6.29 Å². The van der Waals surface area contributed by atoms with E-state index in [9.17, 15) is 9.18 Å². The molecule has 0 unspecified atom stereocenters. The molecule has 0 atom stereocenters. The van der Waals surface area contributed by atoms with Gasteiger partial charge in [-0.1, -0.05) is 0 Å². The van der Waals surface area contributed by atoms with Gasteiger partial charge in [-0.2, -0.15) is 0 Å². The molecular formula is C12H11FN2O. The molecule has 82 valence electrons. The molecule has 0 fully saturated rings. The molecule has 0 bridgehead atoms. The lowest BCUT2D eigenvalue weighted by atomic mass is 10.1. The first-order valence-electron chi connectivity index (χ1n) is 4.88. The fourth-order valence-electron chi connectivity index (χ4n) is 1.67. The molecule has 0 radical (unpaired) electrons. The number of imidazole rings is 1. The van der Waals surface area contributed by atoms with E-state index in [4.69, 9.17) is 0 Å². The zero-order chi connectivity index (χ0) is 11.7. The summed E-state index contributed by atoms with van der Waals surface area (Å²) in [5, 5.41) is 0. The first kappa shape index (κ1) is 10.5. The first-order chi connectivity index (χ1) is 7.63. The lowest BCUT2D eigenvalue weighted by Crippen LogP contribution is -1.95. The summed E-state index contributed by atoms with van der Waals surface area (Å²) in [6.45, 7) is 1.82. The molecule has 0 saturated carbocycles. The van der Waals surface area contributed by atoms with Crippen LogP contribution in [0.2, 0.25) is 0 Å². The third kappa shape index (κ3) is 1.62. The summed E-state index contributed by atoms with van der Waals surface area (Å²) in [4.78, 5) is 15.0. The van der Waals surface area contributed by atoms with Gasteiger partial charge in [-0.3, -0.25) is 4.79 Å². The summed E-state index contributed by atoms with van der Waals surface area (Å²) in [6, 6.07) is 6.01. The van der Waals surface area contributed by atoms with Crippen LogP contribution < -0.4 is 0 Å². The topological polar surface area (TPSA) is 34.9 Å². The number of halogens is 1. The SMILES string of the molecule is Cc1nc(C=O)c(-c2ccc(F)cc2)n1C. The van der Waals surface area contributed by atoms with Crippen molar-refractivity contribution >= 4 is 6.29 Å². The van der Waals surface area contributed by atoms with Crippen molar-refractivity contribution in [3.8, 4) is 11.3 Å². The van der Waals surface area contributed by atoms with Gasteiger partial charge in [-0.05, 0) is 31.2 Å². The van der Waals surface area contributed by atoms with Crippen molar-refractivity contribution in [2.75, 3.05) is 0 Å². The number of benzene rings is 1. The van der Waals surface area contributed by atoms with Crippen molar-refractivity contribution < 1.29 is 9.18 Å². The molecule has 1 heterocycles. The van der Waals surface area contributed by atoms with Crippen LogP contribution >= 0.6 is 0 Å². The van der Waals surface area contributed by atoms with E-state index in [1.807, 2.05) is 18.5 Å². The van der Waals surface area contributed by atoms with Gasteiger partial charge in [-0.15, -0.1) is 0 Å². The summed E-state index contributed by atoms with van der Waals surface area (Å²) < 4.78 is 14.6. The van der Waals surface area contributed by atoms with E-state index >= 15 is 0 Å². The fraction of sp³-hybridized carbons (Fsp3) is 0.167. The maximum Gasteiger partial charge on any atom is 0.170 e. The zero-order valence-electron chi connectivity index (χ0n) is 9.07. The molecule has 1 aromatic heterocycles. The van der Waals surface area contributed by atoms with E-state index < -0.39 is 0 Å². The molecule has 16 heavy (non-hydrogen) atoms. The Morgan fingerprint density at radius 1 is 1.31 bits per heavy atom. The highest BCUT2D eigenvalue weighted by Gasteiger charge is 2.13. The van der Waals surface area contributed by atoms with Crippen molar-refractivity contribution in [3.05, 3.63) is 41.6 Å². The zero-order valence-corrected chi connectivity index (χ0v) is 9.07. The average molecular weight is 218 g/mol. The Hall–Kier alpha value is -1.97. The van der Waals surface area contributed by atoms with Crippen LogP contribution in [0.25, 0.3) is 11.3 Å². The van der Waals surface area contributed by atoms with Crippen LogP contribution in [0.1, 0.15) is 16.3 Å². The molecule has 0 aliphatic heterocycles. The van der Waals surface area contributed by atoms with E-state index in [2.05, 4.69) is 4.98 Å². The number of hydrogen-bond acceptors (Lipinski definition) is 2. The van der Waals surface area contributed by atoms with E-state index in [0.29, 0.717) is 17.7 Å². The highest BCUT2D eigenvalue weighted by molar-refractivity contribution is 5.83. The minimum atomic E-state index is -0.296. The summed E-state index contributed by atoms with van der Waals surface area (Å²) >= 11 is 0. The predicted octanol–water partition coefficient (Wildman–Crippen LogP) is 2.35. The number of rotatable bonds is 2. The fourth-order valence-corrected chi connectivity index (χ4v) is 1.67. The van der Waals surface area contributed by atoms with Gasteiger partial charge in [0.05, 0.1) is 5.69 Å². The molecular weight excluding hydrogens is 207 g/mol. The van der Waals surface area contributed by atoms with E-state index in [1.54, 1.807) is 12.1 Å². The van der Waals surface area contributed by atoms with Crippen molar-refractivity contribution in [2.24, 2.45) is 7.05 Å². The average Bonchev–Trinajstić information content (AvgIpc) is 2.57. The number of hydrogen-bond donors (Lipinski definition) is 0. The number of carbonyl (C=O) groups excluding carboxylic acids is 1. The quantitative estimate of drug-likeness (QED) is 0.725. The minimum Gasteiger partial charge on any atom is -0.331 e. The monoisotopic (exact) mass is 218 g/mol. The van der Waals surface area contributed by atoms with Crippen LogP contribution in [0, 0.1) is 12.7 Å². The van der Waals surface area contributed by atoms with E-state index in [-0.39, 0.29) is 5.82 Å². The molecule has 0 saturated heterocycles. The highest BCUT2D eigenvalue weighted by Crippen LogP contribution is 2.23. The van der Waals surface area contributed by atoms with Gasteiger partial charge in [-0.25, -0.2) is 9.37 Å². The maximum atomic E-state index is 12.8. The minimum absolute atomic E-state index is 0.296. The summed E-state index contributed by atoms with van der Waals surface area (Å²) in [7, 11) is 1.83. The highest BCUT2D eigenvalue weighted by atomic mass is 19.1. The molecule has 0 aliphatic carbocycles.